The predicted octanol–water partition coefficient (Wildman–Crippen LogP) is 1.93. The minimum absolute atomic E-state index is 0.278. The minimum Gasteiger partial charge on any atom is -0.368 e. The largest absolute Gasteiger partial charge is 0.368 e. The molecular formula is C13H13NO. The normalized spacial score (nSPS) is 26.7. The zero-order chi connectivity index (χ0) is 10.3. The van der Waals surface area contributed by atoms with Crippen molar-refractivity contribution in [3.8, 4) is 0 Å². The van der Waals surface area contributed by atoms with Crippen molar-refractivity contribution in [3.05, 3.63) is 41.6 Å². The highest BCUT2D eigenvalue weighted by Crippen LogP contribution is 2.33. The first-order valence-corrected chi connectivity index (χ1v) is 5.40. The first kappa shape index (κ1) is 8.72. The van der Waals surface area contributed by atoms with Gasteiger partial charge >= 0.3 is 0 Å². The smallest absolute Gasteiger partial charge is 0.183 e. The summed E-state index contributed by atoms with van der Waals surface area (Å²) in [7, 11) is 0. The van der Waals surface area contributed by atoms with Gasteiger partial charge in [-0.1, -0.05) is 30.3 Å². The Morgan fingerprint density at radius 1 is 1.27 bits per heavy atom. The lowest BCUT2D eigenvalue weighted by Crippen LogP contribution is -2.20. The molecule has 0 saturated carbocycles. The third-order valence-electron chi connectivity index (χ3n) is 3.26. The monoisotopic (exact) mass is 199 g/mol. The van der Waals surface area contributed by atoms with Gasteiger partial charge in [-0.15, -0.1) is 0 Å². The summed E-state index contributed by atoms with van der Waals surface area (Å²) in [4.78, 5) is 14.1. The van der Waals surface area contributed by atoms with Gasteiger partial charge in [-0.2, -0.15) is 0 Å². The highest BCUT2D eigenvalue weighted by molar-refractivity contribution is 6.03. The van der Waals surface area contributed by atoms with E-state index >= 15 is 0 Å². The molecule has 15 heavy (non-hydrogen) atoms. The Labute approximate surface area is 89.2 Å². The fourth-order valence-electron chi connectivity index (χ4n) is 2.43. The Morgan fingerprint density at radius 3 is 2.73 bits per heavy atom. The van der Waals surface area contributed by atoms with Gasteiger partial charge in [0.1, 0.15) is 0 Å². The molecule has 0 aliphatic carbocycles. The molecular weight excluding hydrogens is 186 g/mol. The second kappa shape index (κ2) is 3.23. The van der Waals surface area contributed by atoms with Crippen LogP contribution in [-0.4, -0.2) is 23.8 Å². The van der Waals surface area contributed by atoms with E-state index < -0.39 is 0 Å². The average molecular weight is 199 g/mol. The molecule has 1 atom stereocenters. The van der Waals surface area contributed by atoms with Gasteiger partial charge in [0.2, 0.25) is 0 Å². The Morgan fingerprint density at radius 2 is 2.07 bits per heavy atom. The van der Waals surface area contributed by atoms with E-state index in [2.05, 4.69) is 4.90 Å². The van der Waals surface area contributed by atoms with Crippen LogP contribution in [0.25, 0.3) is 6.08 Å². The lowest BCUT2D eigenvalue weighted by molar-refractivity contribution is -0.118. The molecule has 2 bridgehead atoms. The molecule has 1 aromatic carbocycles. The first-order valence-electron chi connectivity index (χ1n) is 5.40. The van der Waals surface area contributed by atoms with E-state index in [-0.39, 0.29) is 5.92 Å². The molecule has 2 heterocycles. The second-order valence-corrected chi connectivity index (χ2v) is 4.24. The molecule has 2 nitrogen and oxygen atoms in total. The molecule has 0 spiro atoms. The Hall–Kier alpha value is -1.57. The fourth-order valence-corrected chi connectivity index (χ4v) is 2.43. The van der Waals surface area contributed by atoms with Crippen molar-refractivity contribution in [3.63, 3.8) is 0 Å². The summed E-state index contributed by atoms with van der Waals surface area (Å²) >= 11 is 0. The van der Waals surface area contributed by atoms with Crippen LogP contribution in [0, 0.1) is 5.92 Å². The molecule has 2 saturated heterocycles. The lowest BCUT2D eigenvalue weighted by Gasteiger charge is -2.16. The van der Waals surface area contributed by atoms with E-state index in [4.69, 9.17) is 0 Å². The molecule has 76 valence electrons. The van der Waals surface area contributed by atoms with Gasteiger partial charge in [0, 0.05) is 19.0 Å². The quantitative estimate of drug-likeness (QED) is 0.644. The highest BCUT2D eigenvalue weighted by atomic mass is 16.1. The summed E-state index contributed by atoms with van der Waals surface area (Å²) in [5, 5.41) is 0. The molecule has 2 aliphatic heterocycles. The Balaban J connectivity index is 1.95. The Bertz CT molecular complexity index is 421. The van der Waals surface area contributed by atoms with Gasteiger partial charge in [-0.05, 0) is 18.1 Å². The van der Waals surface area contributed by atoms with Crippen molar-refractivity contribution < 1.29 is 4.79 Å². The minimum atomic E-state index is 0.278. The van der Waals surface area contributed by atoms with Crippen LogP contribution >= 0.6 is 0 Å². The third kappa shape index (κ3) is 1.37. The standard InChI is InChI=1S/C13H13NO/c15-13-11-6-7-14(9-11)12(13)8-10-4-2-1-3-5-10/h1-5,8,11H,6-7,9H2/b12-8-. The topological polar surface area (TPSA) is 20.3 Å². The molecule has 0 N–H and O–H groups in total. The lowest BCUT2D eigenvalue weighted by atomic mass is 10.0. The first-order chi connectivity index (χ1) is 7.34. The van der Waals surface area contributed by atoms with Gasteiger partial charge in [-0.25, -0.2) is 0 Å². The van der Waals surface area contributed by atoms with Crippen molar-refractivity contribution in [2.45, 2.75) is 6.42 Å². The van der Waals surface area contributed by atoms with Crippen LogP contribution in [0.2, 0.25) is 0 Å². The molecule has 0 amide bonds. The summed E-state index contributed by atoms with van der Waals surface area (Å²) in [6.45, 7) is 1.99. The molecule has 1 aromatic rings. The maximum absolute atomic E-state index is 11.9. The number of piperidine rings is 1. The molecule has 1 unspecified atom stereocenters. The number of rotatable bonds is 1. The van der Waals surface area contributed by atoms with Crippen LogP contribution in [0.5, 0.6) is 0 Å². The molecule has 2 fully saturated rings. The summed E-state index contributed by atoms with van der Waals surface area (Å²) < 4.78 is 0. The van der Waals surface area contributed by atoms with E-state index in [1.165, 1.54) is 0 Å². The average Bonchev–Trinajstić information content (AvgIpc) is 2.84. The van der Waals surface area contributed by atoms with E-state index in [1.54, 1.807) is 0 Å². The van der Waals surface area contributed by atoms with E-state index in [0.717, 1.165) is 30.8 Å². The van der Waals surface area contributed by atoms with E-state index in [1.807, 2.05) is 36.4 Å². The molecule has 2 aliphatic rings. The van der Waals surface area contributed by atoms with Gasteiger partial charge < -0.3 is 4.90 Å². The van der Waals surface area contributed by atoms with Crippen LogP contribution in [0.3, 0.4) is 0 Å². The van der Waals surface area contributed by atoms with Crippen LogP contribution in [0.1, 0.15) is 12.0 Å². The van der Waals surface area contributed by atoms with Crippen LogP contribution in [0.4, 0.5) is 0 Å². The third-order valence-corrected chi connectivity index (χ3v) is 3.26. The summed E-state index contributed by atoms with van der Waals surface area (Å²) in [6, 6.07) is 10.1. The SMILES string of the molecule is O=C1/C(=C/c2ccccc2)N2CCC1C2. The molecule has 0 radical (unpaired) electrons. The number of carbonyl (C=O) groups is 1. The van der Waals surface area contributed by atoms with Gasteiger partial charge in [-0.3, -0.25) is 4.79 Å². The zero-order valence-corrected chi connectivity index (χ0v) is 8.52. The van der Waals surface area contributed by atoms with Crippen molar-refractivity contribution in [2.75, 3.05) is 13.1 Å². The zero-order valence-electron chi connectivity index (χ0n) is 8.52. The number of allylic oxidation sites excluding steroid dienone is 1. The number of hydrogen-bond donors (Lipinski definition) is 0. The summed E-state index contributed by atoms with van der Waals surface area (Å²) in [5.41, 5.74) is 2.03. The predicted molar refractivity (Wildman–Crippen MR) is 59.1 cm³/mol. The molecule has 0 aromatic heterocycles. The summed E-state index contributed by atoms with van der Waals surface area (Å²) in [6.07, 6.45) is 3.06. The number of ketones is 1. The molecule has 3 rings (SSSR count). The molecule has 2 heteroatoms. The number of carbonyl (C=O) groups excluding carboxylic acids is 1. The second-order valence-electron chi connectivity index (χ2n) is 4.24. The highest BCUT2D eigenvalue weighted by Gasteiger charge is 2.40. The number of nitrogens with zero attached hydrogens (tertiary/aromatic N) is 1. The maximum atomic E-state index is 11.9. The van der Waals surface area contributed by atoms with Gasteiger partial charge in [0.05, 0.1) is 5.70 Å². The van der Waals surface area contributed by atoms with Crippen LogP contribution in [0.15, 0.2) is 36.0 Å². The number of benzene rings is 1. The Kier molecular flexibility index (Phi) is 1.88. The van der Waals surface area contributed by atoms with Gasteiger partial charge in [0.15, 0.2) is 5.78 Å². The van der Waals surface area contributed by atoms with Gasteiger partial charge in [0.25, 0.3) is 0 Å². The van der Waals surface area contributed by atoms with Crippen molar-refractivity contribution in [1.29, 1.82) is 0 Å². The van der Waals surface area contributed by atoms with Crippen LogP contribution < -0.4 is 0 Å². The number of Topliss-reactive ketones (excluding diaryl/α,β-unsaturated/α-hetero) is 1. The van der Waals surface area contributed by atoms with Crippen molar-refractivity contribution in [2.24, 2.45) is 5.92 Å². The number of fused-ring (bicyclic) bond motifs is 2. The summed E-state index contributed by atoms with van der Waals surface area (Å²) in [5.74, 6) is 0.616. The maximum Gasteiger partial charge on any atom is 0.183 e. The van der Waals surface area contributed by atoms with E-state index in [0.29, 0.717) is 5.78 Å². The van der Waals surface area contributed by atoms with Crippen molar-refractivity contribution in [1.82, 2.24) is 4.90 Å². The van der Waals surface area contributed by atoms with Crippen LogP contribution in [-0.2, 0) is 4.79 Å². The fraction of sp³-hybridized carbons (Fsp3) is 0.308. The number of hydrogen-bond acceptors (Lipinski definition) is 2. The van der Waals surface area contributed by atoms with E-state index in [9.17, 15) is 4.79 Å². The van der Waals surface area contributed by atoms with Crippen molar-refractivity contribution >= 4 is 11.9 Å².